The Bertz CT molecular complexity index is 948. The van der Waals surface area contributed by atoms with Crippen LogP contribution in [-0.4, -0.2) is 4.98 Å². The van der Waals surface area contributed by atoms with Crippen LogP contribution >= 0.6 is 0 Å². The maximum Gasteiger partial charge on any atom is 0.0742 e. The third-order valence-electron chi connectivity index (χ3n) is 6.31. The summed E-state index contributed by atoms with van der Waals surface area (Å²) in [6.07, 6.45) is 7.00. The lowest BCUT2D eigenvalue weighted by atomic mass is 9.74. The van der Waals surface area contributed by atoms with E-state index in [2.05, 4.69) is 76.2 Å². The van der Waals surface area contributed by atoms with E-state index in [0.717, 1.165) is 6.42 Å². The summed E-state index contributed by atoms with van der Waals surface area (Å²) >= 11 is 0. The molecule has 2 aromatic carbocycles. The first-order valence-electron chi connectivity index (χ1n) is 10.4. The van der Waals surface area contributed by atoms with E-state index in [9.17, 15) is 0 Å². The van der Waals surface area contributed by atoms with E-state index >= 15 is 0 Å². The Morgan fingerprint density at radius 2 is 1.85 bits per heavy atom. The van der Waals surface area contributed by atoms with Gasteiger partial charge in [-0.3, -0.25) is 4.98 Å². The standard InChI is InChI=1S/C26H31N/c1-18(21-12-7-10-19-9-5-6-11-22(19)21)17-20-15-16-27-25-23(20)13-8-14-24(25)26(2,3)4/h5-6,8-9,11,13-16,18,21H,7,10,12,17H2,1-4H3. The molecule has 1 heterocycles. The fraction of sp³-hybridized carbons (Fsp3) is 0.423. The molecule has 2 atom stereocenters. The number of aromatic nitrogens is 1. The maximum atomic E-state index is 4.76. The Hall–Kier alpha value is -2.15. The monoisotopic (exact) mass is 357 g/mol. The van der Waals surface area contributed by atoms with E-state index in [1.807, 2.05) is 6.20 Å². The molecular formula is C26H31N. The summed E-state index contributed by atoms with van der Waals surface area (Å²) in [6.45, 7) is 9.26. The molecule has 0 amide bonds. The number of nitrogens with zero attached hydrogens (tertiary/aromatic N) is 1. The first kappa shape index (κ1) is 18.2. The van der Waals surface area contributed by atoms with Crippen molar-refractivity contribution in [2.75, 3.05) is 0 Å². The fourth-order valence-corrected chi connectivity index (χ4v) is 4.89. The number of rotatable bonds is 3. The minimum atomic E-state index is 0.110. The molecule has 27 heavy (non-hydrogen) atoms. The summed E-state index contributed by atoms with van der Waals surface area (Å²) in [5.74, 6) is 1.30. The van der Waals surface area contributed by atoms with E-state index in [4.69, 9.17) is 4.98 Å². The van der Waals surface area contributed by atoms with Crippen LogP contribution in [0.15, 0.2) is 54.7 Å². The van der Waals surface area contributed by atoms with Gasteiger partial charge in [0.2, 0.25) is 0 Å². The van der Waals surface area contributed by atoms with Gasteiger partial charge in [-0.05, 0) is 71.3 Å². The molecule has 0 aliphatic heterocycles. The summed E-state index contributed by atoms with van der Waals surface area (Å²) in [4.78, 5) is 4.76. The van der Waals surface area contributed by atoms with Gasteiger partial charge in [-0.1, -0.05) is 70.2 Å². The van der Waals surface area contributed by atoms with Crippen molar-refractivity contribution in [3.05, 3.63) is 77.0 Å². The van der Waals surface area contributed by atoms with Gasteiger partial charge in [-0.15, -0.1) is 0 Å². The van der Waals surface area contributed by atoms with Crippen LogP contribution in [-0.2, 0) is 18.3 Å². The lowest BCUT2D eigenvalue weighted by Gasteiger charge is -2.31. The Labute approximate surface area is 163 Å². The minimum absolute atomic E-state index is 0.110. The Morgan fingerprint density at radius 1 is 1.04 bits per heavy atom. The second kappa shape index (κ2) is 7.11. The molecule has 0 bridgehead atoms. The highest BCUT2D eigenvalue weighted by Crippen LogP contribution is 2.39. The number of hydrogen-bond donors (Lipinski definition) is 0. The van der Waals surface area contributed by atoms with E-state index in [0.29, 0.717) is 11.8 Å². The average molecular weight is 358 g/mol. The summed E-state index contributed by atoms with van der Waals surface area (Å²) in [7, 11) is 0. The largest absolute Gasteiger partial charge is 0.256 e. The lowest BCUT2D eigenvalue weighted by molar-refractivity contribution is 0.404. The van der Waals surface area contributed by atoms with E-state index in [-0.39, 0.29) is 5.41 Å². The summed E-state index contributed by atoms with van der Waals surface area (Å²) in [6, 6.07) is 18.0. The molecule has 1 aliphatic rings. The van der Waals surface area contributed by atoms with E-state index < -0.39 is 0 Å². The average Bonchev–Trinajstić information content (AvgIpc) is 2.66. The first-order valence-corrected chi connectivity index (χ1v) is 10.4. The molecular weight excluding hydrogens is 326 g/mol. The molecule has 1 aromatic heterocycles. The van der Waals surface area contributed by atoms with Crippen molar-refractivity contribution in [3.63, 3.8) is 0 Å². The predicted octanol–water partition coefficient (Wildman–Crippen LogP) is 6.83. The van der Waals surface area contributed by atoms with Crippen LogP contribution in [0.4, 0.5) is 0 Å². The van der Waals surface area contributed by atoms with Gasteiger partial charge < -0.3 is 0 Å². The highest BCUT2D eigenvalue weighted by atomic mass is 14.7. The minimum Gasteiger partial charge on any atom is -0.256 e. The van der Waals surface area contributed by atoms with Gasteiger partial charge in [0.05, 0.1) is 5.52 Å². The van der Waals surface area contributed by atoms with E-state index in [1.54, 1.807) is 11.1 Å². The molecule has 0 saturated carbocycles. The third kappa shape index (κ3) is 3.52. The molecule has 3 aromatic rings. The number of pyridine rings is 1. The van der Waals surface area contributed by atoms with Crippen molar-refractivity contribution >= 4 is 10.9 Å². The van der Waals surface area contributed by atoms with Crippen LogP contribution in [0.25, 0.3) is 10.9 Å². The zero-order chi connectivity index (χ0) is 19.0. The fourth-order valence-electron chi connectivity index (χ4n) is 4.89. The van der Waals surface area contributed by atoms with Crippen LogP contribution < -0.4 is 0 Å². The number of fused-ring (bicyclic) bond motifs is 2. The summed E-state index contributed by atoms with van der Waals surface area (Å²) in [5.41, 5.74) is 7.23. The molecule has 0 N–H and O–H groups in total. The van der Waals surface area contributed by atoms with Crippen molar-refractivity contribution < 1.29 is 0 Å². The molecule has 0 radical (unpaired) electrons. The SMILES string of the molecule is CC(Cc1ccnc2c(C(C)(C)C)cccc12)C1CCCc2ccccc21. The normalized spacial score (nSPS) is 18.3. The van der Waals surface area contributed by atoms with Crippen LogP contribution in [0, 0.1) is 5.92 Å². The zero-order valence-corrected chi connectivity index (χ0v) is 17.1. The highest BCUT2D eigenvalue weighted by molar-refractivity contribution is 5.85. The Kier molecular flexibility index (Phi) is 4.80. The number of benzene rings is 2. The van der Waals surface area contributed by atoms with Crippen molar-refractivity contribution in [3.8, 4) is 0 Å². The number of hydrogen-bond acceptors (Lipinski definition) is 1. The van der Waals surface area contributed by atoms with Gasteiger partial charge in [0.1, 0.15) is 0 Å². The van der Waals surface area contributed by atoms with Gasteiger partial charge >= 0.3 is 0 Å². The molecule has 1 heteroatoms. The van der Waals surface area contributed by atoms with Crippen LogP contribution in [0.3, 0.4) is 0 Å². The van der Waals surface area contributed by atoms with Gasteiger partial charge in [0.25, 0.3) is 0 Å². The van der Waals surface area contributed by atoms with Crippen molar-refractivity contribution in [1.82, 2.24) is 4.98 Å². The number of para-hydroxylation sites is 1. The third-order valence-corrected chi connectivity index (χ3v) is 6.31. The Balaban J connectivity index is 1.69. The molecule has 0 fully saturated rings. The van der Waals surface area contributed by atoms with Crippen LogP contribution in [0.5, 0.6) is 0 Å². The van der Waals surface area contributed by atoms with Gasteiger partial charge in [0, 0.05) is 11.6 Å². The van der Waals surface area contributed by atoms with Crippen molar-refractivity contribution in [2.24, 2.45) is 5.92 Å². The number of aryl methyl sites for hydroxylation is 1. The van der Waals surface area contributed by atoms with Crippen LogP contribution in [0.2, 0.25) is 0 Å². The molecule has 4 rings (SSSR count). The van der Waals surface area contributed by atoms with Gasteiger partial charge in [0.15, 0.2) is 0 Å². The van der Waals surface area contributed by atoms with Crippen LogP contribution in [0.1, 0.15) is 68.7 Å². The van der Waals surface area contributed by atoms with Gasteiger partial charge in [-0.2, -0.15) is 0 Å². The molecule has 0 spiro atoms. The second-order valence-electron chi connectivity index (χ2n) is 9.30. The maximum absolute atomic E-state index is 4.76. The molecule has 1 nitrogen and oxygen atoms in total. The first-order chi connectivity index (χ1) is 12.9. The second-order valence-corrected chi connectivity index (χ2v) is 9.30. The molecule has 0 saturated heterocycles. The summed E-state index contributed by atoms with van der Waals surface area (Å²) in [5, 5.41) is 1.33. The smallest absolute Gasteiger partial charge is 0.0742 e. The van der Waals surface area contributed by atoms with E-state index in [1.165, 1.54) is 41.3 Å². The highest BCUT2D eigenvalue weighted by Gasteiger charge is 2.26. The quantitative estimate of drug-likeness (QED) is 0.500. The summed E-state index contributed by atoms with van der Waals surface area (Å²) < 4.78 is 0. The lowest BCUT2D eigenvalue weighted by Crippen LogP contribution is -2.18. The van der Waals surface area contributed by atoms with Gasteiger partial charge in [-0.25, -0.2) is 0 Å². The van der Waals surface area contributed by atoms with Crippen molar-refractivity contribution in [2.45, 2.75) is 64.7 Å². The zero-order valence-electron chi connectivity index (χ0n) is 17.1. The molecule has 1 aliphatic carbocycles. The predicted molar refractivity (Wildman–Crippen MR) is 115 cm³/mol. The Morgan fingerprint density at radius 3 is 2.67 bits per heavy atom. The molecule has 140 valence electrons. The molecule has 2 unspecified atom stereocenters. The van der Waals surface area contributed by atoms with Crippen molar-refractivity contribution in [1.29, 1.82) is 0 Å². The topological polar surface area (TPSA) is 12.9 Å².